The molecule has 90 heavy (non-hydrogen) atoms. The quantitative estimate of drug-likeness (QED) is 0.0261. The first-order valence-corrected chi connectivity index (χ1v) is 39.2. The molecule has 7 unspecified atom stereocenters. The van der Waals surface area contributed by atoms with Crippen LogP contribution in [0.4, 0.5) is 0 Å². The van der Waals surface area contributed by atoms with Crippen LogP contribution in [0.5, 0.6) is 0 Å². The summed E-state index contributed by atoms with van der Waals surface area (Å²) < 4.78 is 11.3. The molecule has 1 rings (SSSR count). The van der Waals surface area contributed by atoms with Crippen LogP contribution >= 0.6 is 0 Å². The van der Waals surface area contributed by atoms with Crippen molar-refractivity contribution in [3.8, 4) is 0 Å². The first kappa shape index (κ1) is 85.6. The van der Waals surface area contributed by atoms with E-state index in [0.717, 1.165) is 64.2 Å². The van der Waals surface area contributed by atoms with Crippen molar-refractivity contribution in [3.63, 3.8) is 0 Å². The molecule has 0 aromatic rings. The molecule has 1 amide bonds. The number of ether oxygens (including phenoxy) is 2. The number of amides is 1. The Bertz CT molecular complexity index is 1660. The summed E-state index contributed by atoms with van der Waals surface area (Å²) in [6.45, 7) is 3.70. The lowest BCUT2D eigenvalue weighted by atomic mass is 9.99. The summed E-state index contributed by atoms with van der Waals surface area (Å²) in [4.78, 5) is 13.2. The average molecular weight is 1270 g/mol. The minimum atomic E-state index is -1.57. The second-order valence-electron chi connectivity index (χ2n) is 27.1. The average Bonchev–Trinajstić information content (AvgIpc) is 1.28. The fourth-order valence-corrected chi connectivity index (χ4v) is 12.5. The van der Waals surface area contributed by atoms with Gasteiger partial charge in [0.05, 0.1) is 25.4 Å². The molecule has 0 aromatic carbocycles. The minimum Gasteiger partial charge on any atom is -0.394 e. The van der Waals surface area contributed by atoms with Gasteiger partial charge >= 0.3 is 0 Å². The lowest BCUT2D eigenvalue weighted by molar-refractivity contribution is -0.302. The molecule has 1 fully saturated rings. The largest absolute Gasteiger partial charge is 0.394 e. The fourth-order valence-electron chi connectivity index (χ4n) is 12.5. The van der Waals surface area contributed by atoms with E-state index in [1.54, 1.807) is 6.08 Å². The van der Waals surface area contributed by atoms with E-state index in [0.29, 0.717) is 6.42 Å². The molecule has 1 aliphatic rings. The molecule has 1 saturated heterocycles. The van der Waals surface area contributed by atoms with Crippen LogP contribution in [-0.2, 0) is 14.3 Å². The molecule has 9 heteroatoms. The topological polar surface area (TPSA) is 149 Å². The van der Waals surface area contributed by atoms with E-state index in [1.165, 1.54) is 295 Å². The van der Waals surface area contributed by atoms with E-state index in [4.69, 9.17) is 9.47 Å². The molecule has 0 radical (unpaired) electrons. The molecular weight excluding hydrogens is 1110 g/mol. The molecule has 0 saturated carbocycles. The van der Waals surface area contributed by atoms with Crippen LogP contribution in [0, 0.1) is 0 Å². The summed E-state index contributed by atoms with van der Waals surface area (Å²) in [5.74, 6) is -0.180. The Morgan fingerprint density at radius 1 is 0.389 bits per heavy atom. The number of carbonyl (C=O) groups is 1. The molecule has 0 aromatic heterocycles. The lowest BCUT2D eigenvalue weighted by Gasteiger charge is -2.40. The summed E-state index contributed by atoms with van der Waals surface area (Å²) >= 11 is 0. The van der Waals surface area contributed by atoms with Crippen LogP contribution in [0.3, 0.4) is 0 Å². The highest BCUT2D eigenvalue weighted by Crippen LogP contribution is 2.24. The van der Waals surface area contributed by atoms with Crippen molar-refractivity contribution in [2.24, 2.45) is 0 Å². The van der Waals surface area contributed by atoms with Crippen molar-refractivity contribution < 1.29 is 39.8 Å². The Morgan fingerprint density at radius 2 is 0.700 bits per heavy atom. The zero-order valence-corrected chi connectivity index (χ0v) is 59.1. The summed E-state index contributed by atoms with van der Waals surface area (Å²) in [6, 6.07) is -0.825. The van der Waals surface area contributed by atoms with Crippen molar-refractivity contribution in [3.05, 3.63) is 72.9 Å². The Kier molecular flexibility index (Phi) is 66.1. The fraction of sp³-hybridized carbons (Fsp3) is 0.840. The van der Waals surface area contributed by atoms with Gasteiger partial charge in [0, 0.05) is 6.42 Å². The van der Waals surface area contributed by atoms with Crippen LogP contribution in [0.25, 0.3) is 0 Å². The Balaban J connectivity index is 2.08. The number of hydrogen-bond acceptors (Lipinski definition) is 8. The standard InChI is InChI=1S/C81H149NO8/c1-3-5-7-9-11-13-15-17-19-21-23-25-27-29-31-33-35-36-37-38-39-40-41-43-45-47-49-51-53-55-57-59-61-63-65-67-69-71-77(85)82-74(73-89-81-80(88)79(87)78(86)76(72-83)90-81)75(84)70-68-66-64-62-60-58-56-54-52-50-48-46-44-42-34-32-30-28-26-24-22-20-18-16-14-12-10-8-6-4-2/h5,7,11,13,17,19,23,25,60,62,68,70,74-76,78-81,83-84,86-88H,3-4,6,8-10,12,14-16,18,20-22,24,26-59,61,63-67,69,71-73H2,1-2H3,(H,82,85)/b7-5-,13-11-,19-17-,25-23-,62-60+,70-68+. The number of unbranched alkanes of at least 4 members (excludes halogenated alkanes) is 49. The normalized spacial score (nSPS) is 18.1. The van der Waals surface area contributed by atoms with Crippen LogP contribution in [-0.4, -0.2) is 87.5 Å². The number of aliphatic hydroxyl groups is 5. The van der Waals surface area contributed by atoms with Crippen molar-refractivity contribution in [2.45, 2.75) is 423 Å². The van der Waals surface area contributed by atoms with Crippen LogP contribution in [0.2, 0.25) is 0 Å². The third kappa shape index (κ3) is 57.1. The summed E-state index contributed by atoms with van der Waals surface area (Å²) in [5, 5.41) is 54.9. The van der Waals surface area contributed by atoms with Gasteiger partial charge in [0.15, 0.2) is 6.29 Å². The van der Waals surface area contributed by atoms with Crippen LogP contribution in [0.15, 0.2) is 72.9 Å². The summed E-state index contributed by atoms with van der Waals surface area (Å²) in [5.41, 5.74) is 0. The molecule has 6 N–H and O–H groups in total. The van der Waals surface area contributed by atoms with Gasteiger partial charge in [-0.3, -0.25) is 4.79 Å². The number of nitrogens with one attached hydrogen (secondary N) is 1. The molecule has 1 heterocycles. The van der Waals surface area contributed by atoms with Gasteiger partial charge in [-0.2, -0.15) is 0 Å². The van der Waals surface area contributed by atoms with Crippen molar-refractivity contribution in [2.75, 3.05) is 13.2 Å². The zero-order valence-electron chi connectivity index (χ0n) is 59.1. The Morgan fingerprint density at radius 3 is 1.07 bits per heavy atom. The predicted octanol–water partition coefficient (Wildman–Crippen LogP) is 22.3. The van der Waals surface area contributed by atoms with Gasteiger partial charge in [-0.05, 0) is 70.6 Å². The summed E-state index contributed by atoms with van der Waals surface area (Å²) in [7, 11) is 0. The first-order valence-electron chi connectivity index (χ1n) is 39.2. The molecule has 526 valence electrons. The van der Waals surface area contributed by atoms with Gasteiger partial charge < -0.3 is 40.3 Å². The van der Waals surface area contributed by atoms with E-state index >= 15 is 0 Å². The van der Waals surface area contributed by atoms with Gasteiger partial charge in [0.1, 0.15) is 24.4 Å². The highest BCUT2D eigenvalue weighted by Gasteiger charge is 2.44. The maximum absolute atomic E-state index is 13.2. The van der Waals surface area contributed by atoms with Crippen LogP contribution < -0.4 is 5.32 Å². The third-order valence-corrected chi connectivity index (χ3v) is 18.5. The lowest BCUT2D eigenvalue weighted by Crippen LogP contribution is -2.60. The second kappa shape index (κ2) is 69.5. The SMILES string of the molecule is CC/C=C\C/C=C\C/C=C\C/C=C\CCCCCCCCCCCCCCCCCCCCCCCCCCC(=O)NC(COC1OC(CO)C(O)C(O)C1O)C(O)/C=C/CC/C=C/CCCCCCCCCCCCCCCCCCCCCCCCCC. The molecule has 0 aliphatic carbocycles. The molecule has 1 aliphatic heterocycles. The van der Waals surface area contributed by atoms with Gasteiger partial charge in [0.25, 0.3) is 0 Å². The van der Waals surface area contributed by atoms with Gasteiger partial charge in [-0.25, -0.2) is 0 Å². The minimum absolute atomic E-state index is 0.180. The third-order valence-electron chi connectivity index (χ3n) is 18.5. The molecule has 7 atom stereocenters. The smallest absolute Gasteiger partial charge is 0.220 e. The molecule has 9 nitrogen and oxygen atoms in total. The maximum Gasteiger partial charge on any atom is 0.220 e. The van der Waals surface area contributed by atoms with E-state index in [9.17, 15) is 30.3 Å². The van der Waals surface area contributed by atoms with E-state index in [-0.39, 0.29) is 12.5 Å². The van der Waals surface area contributed by atoms with E-state index in [2.05, 4.69) is 79.9 Å². The number of hydrogen-bond donors (Lipinski definition) is 6. The van der Waals surface area contributed by atoms with E-state index in [1.807, 2.05) is 6.08 Å². The van der Waals surface area contributed by atoms with Crippen LogP contribution in [0.1, 0.15) is 380 Å². The maximum atomic E-state index is 13.2. The van der Waals surface area contributed by atoms with Crippen molar-refractivity contribution in [1.29, 1.82) is 0 Å². The van der Waals surface area contributed by atoms with Crippen molar-refractivity contribution in [1.82, 2.24) is 5.32 Å². The van der Waals surface area contributed by atoms with E-state index < -0.39 is 49.5 Å². The Hall–Kier alpha value is -2.37. The van der Waals surface area contributed by atoms with Gasteiger partial charge in [-0.15, -0.1) is 0 Å². The highest BCUT2D eigenvalue weighted by atomic mass is 16.7. The molecule has 0 bridgehead atoms. The monoisotopic (exact) mass is 1260 g/mol. The number of allylic oxidation sites excluding steroid dienone is 11. The summed E-state index contributed by atoms with van der Waals surface area (Å²) in [6.07, 6.45) is 91.9. The zero-order chi connectivity index (χ0) is 64.9. The highest BCUT2D eigenvalue weighted by molar-refractivity contribution is 5.76. The number of carbonyl (C=O) groups excluding carboxylic acids is 1. The second-order valence-corrected chi connectivity index (χ2v) is 27.1. The predicted molar refractivity (Wildman–Crippen MR) is 387 cm³/mol. The molecule has 0 spiro atoms. The number of rotatable bonds is 69. The first-order chi connectivity index (χ1) is 44.3. The van der Waals surface area contributed by atoms with Crippen molar-refractivity contribution >= 4 is 5.91 Å². The molecular formula is C81H149NO8. The number of aliphatic hydroxyl groups excluding tert-OH is 5. The van der Waals surface area contributed by atoms with Gasteiger partial charge in [-0.1, -0.05) is 376 Å². The van der Waals surface area contributed by atoms with Gasteiger partial charge in [0.2, 0.25) is 5.91 Å². The Labute approximate surface area is 557 Å².